The highest BCUT2D eigenvalue weighted by Crippen LogP contribution is 2.29. The first-order valence-corrected chi connectivity index (χ1v) is 8.60. The Labute approximate surface area is 152 Å². The molecule has 2 atom stereocenters. The topological polar surface area (TPSA) is 68.2 Å². The highest BCUT2D eigenvalue weighted by Gasteiger charge is 2.32. The van der Waals surface area contributed by atoms with Crippen LogP contribution >= 0.6 is 0 Å². The number of aliphatic hydroxyl groups is 1. The Bertz CT molecular complexity index is 721. The predicted octanol–water partition coefficient (Wildman–Crippen LogP) is 2.85. The van der Waals surface area contributed by atoms with Gasteiger partial charge in [0.15, 0.2) is 11.5 Å². The van der Waals surface area contributed by atoms with E-state index in [-0.39, 0.29) is 13.2 Å². The largest absolute Gasteiger partial charge is 0.493 e. The summed E-state index contributed by atoms with van der Waals surface area (Å²) in [6.45, 7) is 0.853. The highest BCUT2D eigenvalue weighted by molar-refractivity contribution is 5.67. The highest BCUT2D eigenvalue weighted by atomic mass is 16.6. The van der Waals surface area contributed by atoms with Crippen LogP contribution in [0.2, 0.25) is 0 Å². The molecule has 138 valence electrons. The van der Waals surface area contributed by atoms with E-state index in [0.717, 1.165) is 5.56 Å². The summed E-state index contributed by atoms with van der Waals surface area (Å²) in [4.78, 5) is 13.7. The summed E-state index contributed by atoms with van der Waals surface area (Å²) in [5, 5.41) is 10.4. The number of methoxy groups -OCH3 is 1. The summed E-state index contributed by atoms with van der Waals surface area (Å²) in [5.74, 6) is 1.20. The van der Waals surface area contributed by atoms with Crippen molar-refractivity contribution in [3.8, 4) is 11.5 Å². The summed E-state index contributed by atoms with van der Waals surface area (Å²) in [7, 11) is 1.57. The van der Waals surface area contributed by atoms with Crippen molar-refractivity contribution in [1.82, 2.24) is 4.90 Å². The number of benzene rings is 2. The normalized spacial score (nSPS) is 19.7. The van der Waals surface area contributed by atoms with E-state index in [1.807, 2.05) is 42.5 Å². The SMILES string of the molecule is COc1ccccc1O[C@H]1CCN(C(=O)OCc2ccccc2)C[C@@H]1O. The van der Waals surface area contributed by atoms with Gasteiger partial charge in [-0.2, -0.15) is 0 Å². The van der Waals surface area contributed by atoms with Crippen LogP contribution in [-0.2, 0) is 11.3 Å². The summed E-state index contributed by atoms with van der Waals surface area (Å²) in [6, 6.07) is 16.8. The van der Waals surface area contributed by atoms with Gasteiger partial charge in [0.05, 0.1) is 13.7 Å². The summed E-state index contributed by atoms with van der Waals surface area (Å²) >= 11 is 0. The minimum Gasteiger partial charge on any atom is -0.493 e. The predicted molar refractivity (Wildman–Crippen MR) is 96.2 cm³/mol. The van der Waals surface area contributed by atoms with Gasteiger partial charge < -0.3 is 24.2 Å². The van der Waals surface area contributed by atoms with Crippen molar-refractivity contribution < 1.29 is 24.1 Å². The lowest BCUT2D eigenvalue weighted by molar-refractivity contribution is -0.0260. The van der Waals surface area contributed by atoms with Crippen LogP contribution in [0, 0.1) is 0 Å². The van der Waals surface area contributed by atoms with E-state index < -0.39 is 18.3 Å². The maximum absolute atomic E-state index is 12.2. The second-order valence-corrected chi connectivity index (χ2v) is 6.15. The molecule has 1 aliphatic heterocycles. The molecule has 0 unspecified atom stereocenters. The van der Waals surface area contributed by atoms with Crippen molar-refractivity contribution in [1.29, 1.82) is 0 Å². The number of hydrogen-bond acceptors (Lipinski definition) is 5. The van der Waals surface area contributed by atoms with Gasteiger partial charge in [0.2, 0.25) is 0 Å². The molecule has 0 bridgehead atoms. The van der Waals surface area contributed by atoms with Gasteiger partial charge in [-0.3, -0.25) is 0 Å². The minimum absolute atomic E-state index is 0.174. The number of carbonyl (C=O) groups excluding carboxylic acids is 1. The lowest BCUT2D eigenvalue weighted by Gasteiger charge is -2.35. The molecule has 1 fully saturated rings. The molecule has 0 saturated carbocycles. The maximum atomic E-state index is 12.2. The fraction of sp³-hybridized carbons (Fsp3) is 0.350. The zero-order valence-corrected chi connectivity index (χ0v) is 14.7. The second-order valence-electron chi connectivity index (χ2n) is 6.15. The third kappa shape index (κ3) is 4.46. The smallest absolute Gasteiger partial charge is 0.410 e. The number of nitrogens with zero attached hydrogens (tertiary/aromatic N) is 1. The maximum Gasteiger partial charge on any atom is 0.410 e. The monoisotopic (exact) mass is 357 g/mol. The van der Waals surface area contributed by atoms with E-state index in [2.05, 4.69) is 0 Å². The number of β-amino-alcohol motifs (C(OH)–C–C–N with tert-alkyl or cyclic N) is 1. The number of amides is 1. The van der Waals surface area contributed by atoms with Crippen LogP contribution in [0.15, 0.2) is 54.6 Å². The number of ether oxygens (including phenoxy) is 3. The molecule has 6 nitrogen and oxygen atoms in total. The van der Waals surface area contributed by atoms with Crippen LogP contribution in [0.1, 0.15) is 12.0 Å². The molecule has 0 radical (unpaired) electrons. The van der Waals surface area contributed by atoms with Crippen LogP contribution in [0.25, 0.3) is 0 Å². The average molecular weight is 357 g/mol. The van der Waals surface area contributed by atoms with E-state index in [9.17, 15) is 9.90 Å². The average Bonchev–Trinajstić information content (AvgIpc) is 2.69. The van der Waals surface area contributed by atoms with Gasteiger partial charge in [0.25, 0.3) is 0 Å². The van der Waals surface area contributed by atoms with Crippen LogP contribution in [0.4, 0.5) is 4.79 Å². The van der Waals surface area contributed by atoms with Gasteiger partial charge in [-0.05, 0) is 17.7 Å². The van der Waals surface area contributed by atoms with E-state index in [1.165, 1.54) is 4.90 Å². The molecular weight excluding hydrogens is 334 g/mol. The van der Waals surface area contributed by atoms with Gasteiger partial charge in [-0.15, -0.1) is 0 Å². The molecule has 1 N–H and O–H groups in total. The number of para-hydroxylation sites is 2. The van der Waals surface area contributed by atoms with Crippen LogP contribution in [0.3, 0.4) is 0 Å². The molecule has 26 heavy (non-hydrogen) atoms. The van der Waals surface area contributed by atoms with Crippen molar-refractivity contribution in [3.63, 3.8) is 0 Å². The second kappa shape index (κ2) is 8.58. The minimum atomic E-state index is -0.794. The molecule has 0 spiro atoms. The van der Waals surface area contributed by atoms with Gasteiger partial charge >= 0.3 is 6.09 Å². The van der Waals surface area contributed by atoms with E-state index >= 15 is 0 Å². The Morgan fingerprint density at radius 1 is 1.12 bits per heavy atom. The number of hydrogen-bond donors (Lipinski definition) is 1. The van der Waals surface area contributed by atoms with Crippen LogP contribution < -0.4 is 9.47 Å². The number of likely N-dealkylation sites (tertiary alicyclic amines) is 1. The van der Waals surface area contributed by atoms with E-state index in [0.29, 0.717) is 24.5 Å². The quantitative estimate of drug-likeness (QED) is 0.891. The Morgan fingerprint density at radius 2 is 1.81 bits per heavy atom. The molecular formula is C20H23NO5. The number of aliphatic hydroxyl groups excluding tert-OH is 1. The Hall–Kier alpha value is -2.73. The van der Waals surface area contributed by atoms with Crippen molar-refractivity contribution in [2.45, 2.75) is 25.2 Å². The molecule has 1 heterocycles. The van der Waals surface area contributed by atoms with Gasteiger partial charge in [0.1, 0.15) is 18.8 Å². The first-order valence-electron chi connectivity index (χ1n) is 8.60. The zero-order valence-electron chi connectivity index (χ0n) is 14.7. The van der Waals surface area contributed by atoms with Gasteiger partial charge in [0, 0.05) is 13.0 Å². The Balaban J connectivity index is 1.52. The first kappa shape index (κ1) is 18.1. The molecule has 3 rings (SSSR count). The van der Waals surface area contributed by atoms with Gasteiger partial charge in [-0.25, -0.2) is 4.79 Å². The Morgan fingerprint density at radius 3 is 2.50 bits per heavy atom. The number of carbonyl (C=O) groups is 1. The number of rotatable bonds is 5. The molecule has 2 aromatic rings. The van der Waals surface area contributed by atoms with E-state index in [4.69, 9.17) is 14.2 Å². The molecule has 1 saturated heterocycles. The third-order valence-electron chi connectivity index (χ3n) is 4.33. The fourth-order valence-electron chi connectivity index (χ4n) is 2.90. The molecule has 1 amide bonds. The summed E-state index contributed by atoms with van der Waals surface area (Å²) < 4.78 is 16.5. The molecule has 0 aliphatic carbocycles. The van der Waals surface area contributed by atoms with Crippen molar-refractivity contribution in [3.05, 3.63) is 60.2 Å². The lowest BCUT2D eigenvalue weighted by atomic mass is 10.1. The van der Waals surface area contributed by atoms with Crippen molar-refractivity contribution >= 4 is 6.09 Å². The zero-order chi connectivity index (χ0) is 18.4. The first-order chi connectivity index (χ1) is 12.7. The van der Waals surface area contributed by atoms with Crippen molar-refractivity contribution in [2.24, 2.45) is 0 Å². The Kier molecular flexibility index (Phi) is 5.96. The van der Waals surface area contributed by atoms with Crippen LogP contribution in [0.5, 0.6) is 11.5 Å². The summed E-state index contributed by atoms with van der Waals surface area (Å²) in [5.41, 5.74) is 0.927. The van der Waals surface area contributed by atoms with Gasteiger partial charge in [-0.1, -0.05) is 42.5 Å². The molecule has 2 aromatic carbocycles. The standard InChI is InChI=1S/C20H23NO5/c1-24-18-9-5-6-10-19(18)26-17-11-12-21(13-16(17)22)20(23)25-14-15-7-3-2-4-8-15/h2-10,16-17,22H,11-14H2,1H3/t16-,17-/m0/s1. The van der Waals surface area contributed by atoms with E-state index in [1.54, 1.807) is 19.2 Å². The lowest BCUT2D eigenvalue weighted by Crippen LogP contribution is -2.51. The third-order valence-corrected chi connectivity index (χ3v) is 4.33. The molecule has 1 aliphatic rings. The van der Waals surface area contributed by atoms with Crippen LogP contribution in [-0.4, -0.2) is 48.5 Å². The summed E-state index contributed by atoms with van der Waals surface area (Å²) in [6.07, 6.45) is -1.11. The fourth-order valence-corrected chi connectivity index (χ4v) is 2.90. The molecule has 0 aromatic heterocycles. The number of piperidine rings is 1. The van der Waals surface area contributed by atoms with Crippen molar-refractivity contribution in [2.75, 3.05) is 20.2 Å². The molecule has 6 heteroatoms.